The lowest BCUT2D eigenvalue weighted by atomic mass is 10.2. The summed E-state index contributed by atoms with van der Waals surface area (Å²) in [6.07, 6.45) is 0.292. The molecule has 0 unspecified atom stereocenters. The molecule has 0 spiro atoms. The highest BCUT2D eigenvalue weighted by atomic mass is 35.5. The standard InChI is InChI=1S/C14H18ClN3O3/c1-21-7-6-16-14(20)17-11-8-13(19)18(9-11)12-4-2-10(15)3-5-12/h2-5,11H,6-9H2,1H3,(H2,16,17,20)/t11-/m0/s1. The van der Waals surface area contributed by atoms with Gasteiger partial charge in [0.15, 0.2) is 0 Å². The molecular weight excluding hydrogens is 294 g/mol. The minimum absolute atomic E-state index is 0.0143. The Labute approximate surface area is 128 Å². The number of rotatable bonds is 5. The lowest BCUT2D eigenvalue weighted by Gasteiger charge is -2.17. The van der Waals surface area contributed by atoms with E-state index < -0.39 is 0 Å². The maximum Gasteiger partial charge on any atom is 0.315 e. The van der Waals surface area contributed by atoms with Gasteiger partial charge in [-0.1, -0.05) is 11.6 Å². The van der Waals surface area contributed by atoms with E-state index >= 15 is 0 Å². The summed E-state index contributed by atoms with van der Waals surface area (Å²) in [6.45, 7) is 1.34. The Morgan fingerprint density at radius 2 is 2.14 bits per heavy atom. The van der Waals surface area contributed by atoms with Gasteiger partial charge < -0.3 is 20.3 Å². The van der Waals surface area contributed by atoms with Crippen LogP contribution in [0.1, 0.15) is 6.42 Å². The van der Waals surface area contributed by atoms with Gasteiger partial charge in [0.05, 0.1) is 12.6 Å². The van der Waals surface area contributed by atoms with Gasteiger partial charge in [0.25, 0.3) is 0 Å². The first kappa shape index (κ1) is 15.6. The molecule has 1 fully saturated rings. The van der Waals surface area contributed by atoms with Gasteiger partial charge in [0.2, 0.25) is 5.91 Å². The first-order chi connectivity index (χ1) is 10.1. The summed E-state index contributed by atoms with van der Waals surface area (Å²) < 4.78 is 4.85. The van der Waals surface area contributed by atoms with Crippen molar-refractivity contribution in [2.24, 2.45) is 0 Å². The SMILES string of the molecule is COCCNC(=O)N[C@H]1CC(=O)N(c2ccc(Cl)cc2)C1. The quantitative estimate of drug-likeness (QED) is 0.807. The van der Waals surface area contributed by atoms with Crippen LogP contribution < -0.4 is 15.5 Å². The predicted octanol–water partition coefficient (Wildman–Crippen LogP) is 1.39. The van der Waals surface area contributed by atoms with Gasteiger partial charge in [0.1, 0.15) is 0 Å². The van der Waals surface area contributed by atoms with Gasteiger partial charge in [-0.05, 0) is 24.3 Å². The maximum absolute atomic E-state index is 12.0. The Hall–Kier alpha value is -1.79. The number of ether oxygens (including phenoxy) is 1. The number of halogens is 1. The highest BCUT2D eigenvalue weighted by Crippen LogP contribution is 2.23. The van der Waals surface area contributed by atoms with E-state index in [1.165, 1.54) is 0 Å². The fourth-order valence-corrected chi connectivity index (χ4v) is 2.30. The van der Waals surface area contributed by atoms with Crippen molar-refractivity contribution in [3.8, 4) is 0 Å². The molecule has 6 nitrogen and oxygen atoms in total. The molecule has 1 aromatic carbocycles. The molecule has 0 radical (unpaired) electrons. The summed E-state index contributed by atoms with van der Waals surface area (Å²) in [5, 5.41) is 6.07. The van der Waals surface area contributed by atoms with E-state index in [2.05, 4.69) is 10.6 Å². The fraction of sp³-hybridized carbons (Fsp3) is 0.429. The molecule has 1 aromatic rings. The number of nitrogens with zero attached hydrogens (tertiary/aromatic N) is 1. The first-order valence-corrected chi connectivity index (χ1v) is 7.07. The Balaban J connectivity index is 1.87. The highest BCUT2D eigenvalue weighted by Gasteiger charge is 2.31. The Morgan fingerprint density at radius 1 is 1.43 bits per heavy atom. The average Bonchev–Trinajstić information content (AvgIpc) is 2.80. The molecule has 0 aromatic heterocycles. The van der Waals surface area contributed by atoms with Crippen LogP contribution in [-0.2, 0) is 9.53 Å². The van der Waals surface area contributed by atoms with Gasteiger partial charge in [0, 0.05) is 37.3 Å². The number of anilines is 1. The second kappa shape index (κ2) is 7.28. The van der Waals surface area contributed by atoms with Crippen molar-refractivity contribution in [2.75, 3.05) is 31.7 Å². The highest BCUT2D eigenvalue weighted by molar-refractivity contribution is 6.30. The van der Waals surface area contributed by atoms with Crippen LogP contribution >= 0.6 is 11.6 Å². The summed E-state index contributed by atoms with van der Waals surface area (Å²) in [6, 6.07) is 6.58. The number of carbonyl (C=O) groups is 2. The smallest absolute Gasteiger partial charge is 0.315 e. The number of urea groups is 1. The summed E-state index contributed by atoms with van der Waals surface area (Å²) in [5.41, 5.74) is 0.786. The van der Waals surface area contributed by atoms with Crippen LogP contribution in [0.15, 0.2) is 24.3 Å². The number of methoxy groups -OCH3 is 1. The van der Waals surface area contributed by atoms with E-state index in [4.69, 9.17) is 16.3 Å². The minimum Gasteiger partial charge on any atom is -0.383 e. The molecule has 1 atom stereocenters. The number of carbonyl (C=O) groups excluding carboxylic acids is 2. The van der Waals surface area contributed by atoms with Gasteiger partial charge in [-0.15, -0.1) is 0 Å². The lowest BCUT2D eigenvalue weighted by molar-refractivity contribution is -0.117. The maximum atomic E-state index is 12.0. The molecule has 7 heteroatoms. The third kappa shape index (κ3) is 4.34. The predicted molar refractivity (Wildman–Crippen MR) is 80.6 cm³/mol. The molecule has 1 saturated heterocycles. The van der Waals surface area contributed by atoms with Crippen LogP contribution in [0.5, 0.6) is 0 Å². The molecule has 0 aliphatic carbocycles. The molecule has 21 heavy (non-hydrogen) atoms. The number of hydrogen-bond donors (Lipinski definition) is 2. The Morgan fingerprint density at radius 3 is 2.81 bits per heavy atom. The van der Waals surface area contributed by atoms with Gasteiger partial charge in [-0.25, -0.2) is 4.79 Å². The third-order valence-corrected chi connectivity index (χ3v) is 3.44. The second-order valence-corrected chi connectivity index (χ2v) is 5.21. The minimum atomic E-state index is -0.289. The Kier molecular flexibility index (Phi) is 5.41. The molecule has 3 amide bonds. The number of nitrogens with one attached hydrogen (secondary N) is 2. The van der Waals surface area contributed by atoms with Crippen molar-refractivity contribution < 1.29 is 14.3 Å². The van der Waals surface area contributed by atoms with Crippen LogP contribution in [0.3, 0.4) is 0 Å². The van der Waals surface area contributed by atoms with Crippen molar-refractivity contribution in [1.82, 2.24) is 10.6 Å². The van der Waals surface area contributed by atoms with E-state index in [0.717, 1.165) is 5.69 Å². The third-order valence-electron chi connectivity index (χ3n) is 3.19. The van der Waals surface area contributed by atoms with Crippen LogP contribution in [0.2, 0.25) is 5.02 Å². The van der Waals surface area contributed by atoms with E-state index in [1.54, 1.807) is 36.3 Å². The molecule has 1 aliphatic rings. The van der Waals surface area contributed by atoms with Crippen LogP contribution in [0.4, 0.5) is 10.5 Å². The first-order valence-electron chi connectivity index (χ1n) is 6.69. The topological polar surface area (TPSA) is 70.7 Å². The number of benzene rings is 1. The van der Waals surface area contributed by atoms with E-state index in [0.29, 0.717) is 31.1 Å². The van der Waals surface area contributed by atoms with E-state index in [-0.39, 0.29) is 18.0 Å². The molecule has 0 saturated carbocycles. The lowest BCUT2D eigenvalue weighted by Crippen LogP contribution is -2.44. The zero-order valence-electron chi connectivity index (χ0n) is 11.8. The van der Waals surface area contributed by atoms with Gasteiger partial charge in [-0.3, -0.25) is 4.79 Å². The monoisotopic (exact) mass is 311 g/mol. The largest absolute Gasteiger partial charge is 0.383 e. The zero-order chi connectivity index (χ0) is 15.2. The molecule has 1 heterocycles. The van der Waals surface area contributed by atoms with Crippen molar-refractivity contribution in [2.45, 2.75) is 12.5 Å². The van der Waals surface area contributed by atoms with Crippen LogP contribution in [-0.4, -0.2) is 44.8 Å². The fourth-order valence-electron chi connectivity index (χ4n) is 2.18. The second-order valence-electron chi connectivity index (χ2n) is 4.77. The molecule has 2 rings (SSSR count). The van der Waals surface area contributed by atoms with E-state index in [1.807, 2.05) is 0 Å². The summed E-state index contributed by atoms with van der Waals surface area (Å²) in [5.74, 6) is -0.0143. The number of amides is 3. The average molecular weight is 312 g/mol. The molecular formula is C14H18ClN3O3. The molecule has 114 valence electrons. The Bertz CT molecular complexity index is 507. The summed E-state index contributed by atoms with van der Waals surface area (Å²) in [4.78, 5) is 25.3. The van der Waals surface area contributed by atoms with Gasteiger partial charge >= 0.3 is 6.03 Å². The van der Waals surface area contributed by atoms with Crippen LogP contribution in [0.25, 0.3) is 0 Å². The van der Waals surface area contributed by atoms with Crippen molar-refractivity contribution in [1.29, 1.82) is 0 Å². The normalized spacial score (nSPS) is 17.9. The van der Waals surface area contributed by atoms with Crippen molar-refractivity contribution >= 4 is 29.2 Å². The summed E-state index contributed by atoms with van der Waals surface area (Å²) in [7, 11) is 1.57. The van der Waals surface area contributed by atoms with Crippen molar-refractivity contribution in [3.05, 3.63) is 29.3 Å². The number of hydrogen-bond acceptors (Lipinski definition) is 3. The van der Waals surface area contributed by atoms with Gasteiger partial charge in [-0.2, -0.15) is 0 Å². The summed E-state index contributed by atoms with van der Waals surface area (Å²) >= 11 is 5.83. The molecule has 2 N–H and O–H groups in total. The zero-order valence-corrected chi connectivity index (χ0v) is 12.5. The van der Waals surface area contributed by atoms with Crippen LogP contribution in [0, 0.1) is 0 Å². The van der Waals surface area contributed by atoms with Crippen molar-refractivity contribution in [3.63, 3.8) is 0 Å². The molecule has 0 bridgehead atoms. The van der Waals surface area contributed by atoms with E-state index in [9.17, 15) is 9.59 Å². The molecule has 1 aliphatic heterocycles.